The molecule has 23 heavy (non-hydrogen) atoms. The molecule has 0 amide bonds. The third kappa shape index (κ3) is 1.01. The van der Waals surface area contributed by atoms with Crippen molar-refractivity contribution in [3.8, 4) is 0 Å². The van der Waals surface area contributed by atoms with Crippen molar-refractivity contribution in [2.45, 2.75) is 58.7 Å². The molecule has 1 N–H and O–H groups in total. The normalized spacial score (nSPS) is 61.2. The molecule has 0 aromatic heterocycles. The maximum atomic E-state index is 12.8. The van der Waals surface area contributed by atoms with Crippen molar-refractivity contribution in [3.63, 3.8) is 0 Å². The van der Waals surface area contributed by atoms with Gasteiger partial charge in [0.2, 0.25) is 12.1 Å². The van der Waals surface area contributed by atoms with Crippen molar-refractivity contribution in [1.29, 1.82) is 0 Å². The highest BCUT2D eigenvalue weighted by Gasteiger charge is 2.93. The first-order valence-electron chi connectivity index (χ1n) is 8.44. The molecule has 0 aromatic carbocycles. The van der Waals surface area contributed by atoms with Crippen LogP contribution in [0.1, 0.15) is 40.5 Å². The van der Waals surface area contributed by atoms with E-state index in [0.29, 0.717) is 6.42 Å². The van der Waals surface area contributed by atoms with Crippen molar-refractivity contribution in [2.24, 2.45) is 34.0 Å². The molecule has 2 aliphatic carbocycles. The molecule has 8 atom stereocenters. The Balaban J connectivity index is 1.86. The quantitative estimate of drug-likeness (QED) is 0.675. The molecule has 1 spiro atoms. The van der Waals surface area contributed by atoms with E-state index >= 15 is 0 Å². The fourth-order valence-corrected chi connectivity index (χ4v) is 6.76. The van der Waals surface area contributed by atoms with E-state index in [1.807, 2.05) is 13.8 Å². The van der Waals surface area contributed by atoms with Gasteiger partial charge in [-0.15, -0.1) is 0 Å². The number of aliphatic hydroxyl groups excluding tert-OH is 1. The highest BCUT2D eigenvalue weighted by atomic mass is 16.8. The van der Waals surface area contributed by atoms with Crippen LogP contribution in [-0.2, 0) is 23.8 Å². The minimum absolute atomic E-state index is 0.0397. The molecule has 2 saturated carbocycles. The number of aliphatic hydroxyl groups is 1. The number of carbonyl (C=O) groups excluding carboxylic acids is 2. The molecule has 3 unspecified atom stereocenters. The van der Waals surface area contributed by atoms with Crippen LogP contribution in [0.25, 0.3) is 0 Å². The van der Waals surface area contributed by atoms with Crippen molar-refractivity contribution in [1.82, 2.24) is 0 Å². The van der Waals surface area contributed by atoms with Gasteiger partial charge in [0, 0.05) is 0 Å². The molecular formula is C17H22O6. The number of carbonyl (C=O) groups is 2. The molecule has 3 saturated heterocycles. The van der Waals surface area contributed by atoms with Gasteiger partial charge in [-0.1, -0.05) is 27.7 Å². The third-order valence-corrected chi connectivity index (χ3v) is 8.27. The smallest absolute Gasteiger partial charge is 0.313 e. The van der Waals surface area contributed by atoms with E-state index < -0.39 is 52.2 Å². The molecule has 0 radical (unpaired) electrons. The Morgan fingerprint density at radius 2 is 1.83 bits per heavy atom. The van der Waals surface area contributed by atoms with Crippen molar-refractivity contribution in [3.05, 3.63) is 0 Å². The van der Waals surface area contributed by atoms with Crippen LogP contribution in [0.2, 0.25) is 0 Å². The topological polar surface area (TPSA) is 82.1 Å². The minimum Gasteiger partial charge on any atom is -0.435 e. The van der Waals surface area contributed by atoms with Crippen LogP contribution in [0.5, 0.6) is 0 Å². The van der Waals surface area contributed by atoms with Crippen LogP contribution in [0, 0.1) is 34.0 Å². The second kappa shape index (κ2) is 3.45. The Bertz CT molecular complexity index is 657. The Kier molecular flexibility index (Phi) is 2.13. The van der Waals surface area contributed by atoms with E-state index in [-0.39, 0.29) is 11.9 Å². The summed E-state index contributed by atoms with van der Waals surface area (Å²) in [5.41, 5.74) is -1.70. The lowest BCUT2D eigenvalue weighted by Crippen LogP contribution is -2.72. The highest BCUT2D eigenvalue weighted by Crippen LogP contribution is 2.83. The fraction of sp³-hybridized carbons (Fsp3) is 0.882. The third-order valence-electron chi connectivity index (χ3n) is 8.27. The zero-order valence-electron chi connectivity index (χ0n) is 13.8. The predicted octanol–water partition coefficient (Wildman–Crippen LogP) is 1.21. The maximum absolute atomic E-state index is 12.8. The van der Waals surface area contributed by atoms with Gasteiger partial charge in [-0.05, 0) is 24.2 Å². The first-order chi connectivity index (χ1) is 10.6. The monoisotopic (exact) mass is 322 g/mol. The first-order valence-corrected chi connectivity index (χ1v) is 8.44. The molecule has 6 nitrogen and oxygen atoms in total. The summed E-state index contributed by atoms with van der Waals surface area (Å²) in [5.74, 6) is -3.37. The van der Waals surface area contributed by atoms with Crippen molar-refractivity contribution in [2.75, 3.05) is 0 Å². The van der Waals surface area contributed by atoms with Gasteiger partial charge in [0.05, 0.1) is 22.7 Å². The Hall–Kier alpha value is -1.14. The van der Waals surface area contributed by atoms with Gasteiger partial charge in [-0.2, -0.15) is 0 Å². The van der Waals surface area contributed by atoms with Crippen LogP contribution >= 0.6 is 0 Å². The zero-order valence-corrected chi connectivity index (χ0v) is 13.8. The van der Waals surface area contributed by atoms with Gasteiger partial charge < -0.3 is 14.6 Å². The van der Waals surface area contributed by atoms with E-state index in [2.05, 4.69) is 13.8 Å². The zero-order chi connectivity index (χ0) is 16.6. The molecule has 5 rings (SSSR count). The number of fused-ring (bicyclic) bond motifs is 1. The molecule has 5 fully saturated rings. The first kappa shape index (κ1) is 14.2. The highest BCUT2D eigenvalue weighted by molar-refractivity contribution is 5.89. The Morgan fingerprint density at radius 1 is 1.13 bits per heavy atom. The molecule has 126 valence electrons. The molecule has 2 bridgehead atoms. The summed E-state index contributed by atoms with van der Waals surface area (Å²) in [6.07, 6.45) is -0.195. The molecular weight excluding hydrogens is 300 g/mol. The van der Waals surface area contributed by atoms with Crippen molar-refractivity contribution >= 4 is 11.9 Å². The van der Waals surface area contributed by atoms with Crippen molar-refractivity contribution < 1.29 is 28.9 Å². The molecule has 6 heteroatoms. The lowest BCUT2D eigenvalue weighted by molar-refractivity contribution is -0.424. The van der Waals surface area contributed by atoms with Gasteiger partial charge in [0.25, 0.3) is 0 Å². The molecule has 3 heterocycles. The van der Waals surface area contributed by atoms with Crippen LogP contribution in [0.3, 0.4) is 0 Å². The van der Waals surface area contributed by atoms with Crippen LogP contribution < -0.4 is 0 Å². The lowest BCUT2D eigenvalue weighted by Gasteiger charge is -2.63. The van der Waals surface area contributed by atoms with Gasteiger partial charge in [-0.3, -0.25) is 14.3 Å². The standard InChI is InChI=1S/C17H22O6/c1-7-5-6-16-9-8-11(19)21-13(15(8,4)14(16,2)3)23-17(16,10(7)18)22-12(9)20/h7-10,13,18H,5-6H2,1-4H3/t7-,8?,9?,10+,13?,15-,16-,17+/m1/s1. The van der Waals surface area contributed by atoms with E-state index in [4.69, 9.17) is 14.2 Å². The molecule has 5 aliphatic rings. The number of rotatable bonds is 0. The predicted molar refractivity (Wildman–Crippen MR) is 75.5 cm³/mol. The molecule has 0 aromatic rings. The minimum atomic E-state index is -1.39. The number of hydrogen-bond donors (Lipinski definition) is 1. The SMILES string of the molecule is C[C@@H]1CC[C@]23C4C(=O)O[C@]2(OC2OC(=O)C4[C@@]2(C)C3(C)C)[C@H]1O. The van der Waals surface area contributed by atoms with Gasteiger partial charge in [0.1, 0.15) is 6.10 Å². The average molecular weight is 322 g/mol. The summed E-state index contributed by atoms with van der Waals surface area (Å²) in [7, 11) is 0. The second-order valence-corrected chi connectivity index (χ2v) is 8.77. The number of hydrogen-bond acceptors (Lipinski definition) is 6. The van der Waals surface area contributed by atoms with Gasteiger partial charge in [0.15, 0.2) is 0 Å². The van der Waals surface area contributed by atoms with E-state index in [1.165, 1.54) is 0 Å². The Labute approximate surface area is 134 Å². The van der Waals surface area contributed by atoms with Crippen LogP contribution in [0.15, 0.2) is 0 Å². The second-order valence-electron chi connectivity index (χ2n) is 8.77. The van der Waals surface area contributed by atoms with Gasteiger partial charge >= 0.3 is 11.9 Å². The van der Waals surface area contributed by atoms with Crippen LogP contribution in [-0.4, -0.2) is 35.2 Å². The molecule has 3 aliphatic heterocycles. The summed E-state index contributed by atoms with van der Waals surface area (Å²) in [6.45, 7) is 8.09. The summed E-state index contributed by atoms with van der Waals surface area (Å²) in [6, 6.07) is 0. The summed E-state index contributed by atoms with van der Waals surface area (Å²) in [5, 5.41) is 11.0. The largest absolute Gasteiger partial charge is 0.435 e. The Morgan fingerprint density at radius 3 is 2.52 bits per heavy atom. The maximum Gasteiger partial charge on any atom is 0.313 e. The average Bonchev–Trinajstić information content (AvgIpc) is 2.91. The fourth-order valence-electron chi connectivity index (χ4n) is 6.76. The van der Waals surface area contributed by atoms with E-state index in [9.17, 15) is 14.7 Å². The lowest BCUT2D eigenvalue weighted by atomic mass is 9.48. The van der Waals surface area contributed by atoms with Gasteiger partial charge in [-0.25, -0.2) is 0 Å². The number of esters is 2. The number of ether oxygens (including phenoxy) is 3. The van der Waals surface area contributed by atoms with E-state index in [0.717, 1.165) is 6.42 Å². The summed E-state index contributed by atoms with van der Waals surface area (Å²) >= 11 is 0. The summed E-state index contributed by atoms with van der Waals surface area (Å²) in [4.78, 5) is 25.3. The van der Waals surface area contributed by atoms with E-state index in [1.54, 1.807) is 0 Å². The van der Waals surface area contributed by atoms with Crippen LogP contribution in [0.4, 0.5) is 0 Å². The summed E-state index contributed by atoms with van der Waals surface area (Å²) < 4.78 is 17.4.